The number of nitrogens with one attached hydrogen (secondary N) is 1. The minimum Gasteiger partial charge on any atom is -0.350 e. The number of hydrogen-bond donors (Lipinski definition) is 1. The fraction of sp³-hybridized carbons (Fsp3) is 0.333. The van der Waals surface area contributed by atoms with Gasteiger partial charge in [0.25, 0.3) is 0 Å². The molecule has 0 aliphatic heterocycles. The van der Waals surface area contributed by atoms with Crippen LogP contribution in [0.15, 0.2) is 48.5 Å². The molecule has 27 heavy (non-hydrogen) atoms. The van der Waals surface area contributed by atoms with Crippen LogP contribution in [0, 0.1) is 0 Å². The number of benzene rings is 2. The van der Waals surface area contributed by atoms with Crippen LogP contribution in [-0.2, 0) is 22.7 Å². The van der Waals surface area contributed by atoms with Crippen LogP contribution < -0.4 is 5.32 Å². The van der Waals surface area contributed by atoms with Gasteiger partial charge in [0, 0.05) is 29.6 Å². The highest BCUT2D eigenvalue weighted by Gasteiger charge is 2.25. The van der Waals surface area contributed by atoms with E-state index in [1.54, 1.807) is 30.0 Å². The Morgan fingerprint density at radius 2 is 1.74 bits per heavy atom. The summed E-state index contributed by atoms with van der Waals surface area (Å²) in [5.74, 6) is -0.263. The SMILES string of the molecule is CCCC(=O)N(Cc1ccc(Cl)cc1)[C@@H](C)C(=O)NCc1ccccc1Cl. The molecule has 4 nitrogen and oxygen atoms in total. The Morgan fingerprint density at radius 1 is 1.07 bits per heavy atom. The lowest BCUT2D eigenvalue weighted by Gasteiger charge is -2.29. The largest absolute Gasteiger partial charge is 0.350 e. The molecule has 1 atom stereocenters. The molecule has 2 aromatic rings. The summed E-state index contributed by atoms with van der Waals surface area (Å²) in [6.07, 6.45) is 1.12. The quantitative estimate of drug-likeness (QED) is 0.682. The van der Waals surface area contributed by atoms with Gasteiger partial charge in [0.15, 0.2) is 0 Å². The van der Waals surface area contributed by atoms with E-state index in [1.807, 2.05) is 37.3 Å². The van der Waals surface area contributed by atoms with Gasteiger partial charge in [-0.15, -0.1) is 0 Å². The molecule has 0 heterocycles. The number of hydrogen-bond acceptors (Lipinski definition) is 2. The van der Waals surface area contributed by atoms with Gasteiger partial charge in [0.2, 0.25) is 11.8 Å². The molecule has 1 N–H and O–H groups in total. The first-order valence-electron chi connectivity index (χ1n) is 8.97. The van der Waals surface area contributed by atoms with Crippen molar-refractivity contribution in [3.63, 3.8) is 0 Å². The van der Waals surface area contributed by atoms with Crippen LogP contribution in [0.5, 0.6) is 0 Å². The lowest BCUT2D eigenvalue weighted by Crippen LogP contribution is -2.47. The summed E-state index contributed by atoms with van der Waals surface area (Å²) in [5.41, 5.74) is 1.76. The van der Waals surface area contributed by atoms with Crippen molar-refractivity contribution in [3.05, 3.63) is 69.7 Å². The number of amides is 2. The maximum absolute atomic E-state index is 12.7. The van der Waals surface area contributed by atoms with E-state index in [9.17, 15) is 9.59 Å². The average Bonchev–Trinajstić information content (AvgIpc) is 2.66. The second-order valence-electron chi connectivity index (χ2n) is 6.38. The van der Waals surface area contributed by atoms with Crippen molar-refractivity contribution in [2.45, 2.75) is 45.8 Å². The van der Waals surface area contributed by atoms with Gasteiger partial charge in [-0.2, -0.15) is 0 Å². The van der Waals surface area contributed by atoms with Gasteiger partial charge in [0.1, 0.15) is 6.04 Å². The summed E-state index contributed by atoms with van der Waals surface area (Å²) in [6, 6.07) is 14.0. The Kier molecular flexibility index (Phi) is 8.14. The van der Waals surface area contributed by atoms with Crippen LogP contribution in [0.2, 0.25) is 10.0 Å². The Morgan fingerprint density at radius 3 is 2.37 bits per heavy atom. The van der Waals surface area contributed by atoms with Crippen molar-refractivity contribution in [2.24, 2.45) is 0 Å². The molecule has 0 fully saturated rings. The van der Waals surface area contributed by atoms with Crippen molar-refractivity contribution in [1.29, 1.82) is 0 Å². The summed E-state index contributed by atoms with van der Waals surface area (Å²) in [6.45, 7) is 4.36. The fourth-order valence-corrected chi connectivity index (χ4v) is 3.03. The molecule has 2 aromatic carbocycles. The second kappa shape index (κ2) is 10.3. The summed E-state index contributed by atoms with van der Waals surface area (Å²) >= 11 is 12.1. The first kappa shape index (κ1) is 21.3. The zero-order chi connectivity index (χ0) is 19.8. The molecule has 0 radical (unpaired) electrons. The van der Waals surface area contributed by atoms with Gasteiger partial charge in [-0.1, -0.05) is 60.5 Å². The molecular formula is C21H24Cl2N2O2. The lowest BCUT2D eigenvalue weighted by atomic mass is 10.1. The molecule has 2 rings (SSSR count). The minimum atomic E-state index is -0.595. The highest BCUT2D eigenvalue weighted by atomic mass is 35.5. The molecule has 144 valence electrons. The molecule has 0 saturated heterocycles. The normalized spacial score (nSPS) is 11.7. The number of carbonyl (C=O) groups excluding carboxylic acids is 2. The molecule has 0 spiro atoms. The van der Waals surface area contributed by atoms with E-state index in [0.29, 0.717) is 29.6 Å². The van der Waals surface area contributed by atoms with Gasteiger partial charge in [-0.3, -0.25) is 9.59 Å². The van der Waals surface area contributed by atoms with E-state index in [1.165, 1.54) is 0 Å². The number of nitrogens with zero attached hydrogens (tertiary/aromatic N) is 1. The number of rotatable bonds is 8. The van der Waals surface area contributed by atoms with E-state index < -0.39 is 6.04 Å². The predicted molar refractivity (Wildman–Crippen MR) is 110 cm³/mol. The zero-order valence-electron chi connectivity index (χ0n) is 15.5. The Hall–Kier alpha value is -2.04. The van der Waals surface area contributed by atoms with Crippen LogP contribution in [0.3, 0.4) is 0 Å². The van der Waals surface area contributed by atoms with Crippen molar-refractivity contribution < 1.29 is 9.59 Å². The van der Waals surface area contributed by atoms with E-state index in [0.717, 1.165) is 17.5 Å². The predicted octanol–water partition coefficient (Wildman–Crippen LogP) is 4.83. The van der Waals surface area contributed by atoms with Crippen molar-refractivity contribution in [3.8, 4) is 0 Å². The van der Waals surface area contributed by atoms with E-state index in [-0.39, 0.29) is 11.8 Å². The topological polar surface area (TPSA) is 49.4 Å². The van der Waals surface area contributed by atoms with Crippen molar-refractivity contribution in [1.82, 2.24) is 10.2 Å². The van der Waals surface area contributed by atoms with Crippen molar-refractivity contribution in [2.75, 3.05) is 0 Å². The standard InChI is InChI=1S/C21H24Cl2N2O2/c1-3-6-20(26)25(14-16-9-11-18(22)12-10-16)15(2)21(27)24-13-17-7-4-5-8-19(17)23/h4-5,7-12,15H,3,6,13-14H2,1-2H3,(H,24,27)/t15-/m0/s1. The lowest BCUT2D eigenvalue weighted by molar-refractivity contribution is -0.140. The van der Waals surface area contributed by atoms with E-state index in [2.05, 4.69) is 5.32 Å². The molecular weight excluding hydrogens is 383 g/mol. The molecule has 0 saturated carbocycles. The van der Waals surface area contributed by atoms with Gasteiger partial charge in [-0.25, -0.2) is 0 Å². The third-order valence-corrected chi connectivity index (χ3v) is 4.93. The summed E-state index contributed by atoms with van der Waals surface area (Å²) < 4.78 is 0. The molecule has 0 unspecified atom stereocenters. The highest BCUT2D eigenvalue weighted by Crippen LogP contribution is 2.16. The summed E-state index contributed by atoms with van der Waals surface area (Å²) in [4.78, 5) is 26.8. The minimum absolute atomic E-state index is 0.0483. The van der Waals surface area contributed by atoms with Gasteiger partial charge in [-0.05, 0) is 42.7 Å². The van der Waals surface area contributed by atoms with Crippen LogP contribution >= 0.6 is 23.2 Å². The highest BCUT2D eigenvalue weighted by molar-refractivity contribution is 6.31. The van der Waals surface area contributed by atoms with Gasteiger partial charge >= 0.3 is 0 Å². The van der Waals surface area contributed by atoms with Crippen LogP contribution in [-0.4, -0.2) is 22.8 Å². The smallest absolute Gasteiger partial charge is 0.242 e. The number of halogens is 2. The summed E-state index contributed by atoms with van der Waals surface area (Å²) in [5, 5.41) is 4.11. The molecule has 0 aromatic heterocycles. The monoisotopic (exact) mass is 406 g/mol. The van der Waals surface area contributed by atoms with Crippen LogP contribution in [0.4, 0.5) is 0 Å². The molecule has 6 heteroatoms. The maximum Gasteiger partial charge on any atom is 0.242 e. The first-order chi connectivity index (χ1) is 12.9. The van der Waals surface area contributed by atoms with Crippen LogP contribution in [0.1, 0.15) is 37.8 Å². The Bertz CT molecular complexity index is 778. The Labute approximate surface area is 170 Å². The average molecular weight is 407 g/mol. The molecule has 0 aliphatic rings. The third kappa shape index (κ3) is 6.26. The zero-order valence-corrected chi connectivity index (χ0v) is 17.1. The first-order valence-corrected chi connectivity index (χ1v) is 9.73. The van der Waals surface area contributed by atoms with Gasteiger partial charge < -0.3 is 10.2 Å². The number of carbonyl (C=O) groups is 2. The van der Waals surface area contributed by atoms with Crippen LogP contribution in [0.25, 0.3) is 0 Å². The van der Waals surface area contributed by atoms with E-state index in [4.69, 9.17) is 23.2 Å². The second-order valence-corrected chi connectivity index (χ2v) is 7.23. The molecule has 2 amide bonds. The fourth-order valence-electron chi connectivity index (χ4n) is 2.70. The third-order valence-electron chi connectivity index (χ3n) is 4.31. The maximum atomic E-state index is 12.7. The Balaban J connectivity index is 2.08. The van der Waals surface area contributed by atoms with Crippen molar-refractivity contribution >= 4 is 35.0 Å². The molecule has 0 bridgehead atoms. The molecule has 0 aliphatic carbocycles. The van der Waals surface area contributed by atoms with E-state index >= 15 is 0 Å². The summed E-state index contributed by atoms with van der Waals surface area (Å²) in [7, 11) is 0. The van der Waals surface area contributed by atoms with Gasteiger partial charge in [0.05, 0.1) is 0 Å².